The first-order chi connectivity index (χ1) is 15.8. The predicted octanol–water partition coefficient (Wildman–Crippen LogP) is 3.71. The number of benzene rings is 2. The Morgan fingerprint density at radius 1 is 1.15 bits per heavy atom. The summed E-state index contributed by atoms with van der Waals surface area (Å²) in [6, 6.07) is 14.2. The summed E-state index contributed by atoms with van der Waals surface area (Å²) in [5.74, 6) is 1.06. The minimum Gasteiger partial charge on any atom is -0.497 e. The summed E-state index contributed by atoms with van der Waals surface area (Å²) in [6.07, 6.45) is 1.32. The lowest BCUT2D eigenvalue weighted by Gasteiger charge is -2.25. The van der Waals surface area contributed by atoms with Crippen LogP contribution in [0.5, 0.6) is 11.5 Å². The third kappa shape index (κ3) is 5.74. The molecule has 174 valence electrons. The lowest BCUT2D eigenvalue weighted by atomic mass is 10.2. The van der Waals surface area contributed by atoms with E-state index in [1.165, 1.54) is 38.6 Å². The van der Waals surface area contributed by atoms with Crippen molar-refractivity contribution < 1.29 is 27.1 Å². The van der Waals surface area contributed by atoms with Gasteiger partial charge in [-0.1, -0.05) is 18.2 Å². The van der Waals surface area contributed by atoms with Crippen LogP contribution in [0.2, 0.25) is 0 Å². The van der Waals surface area contributed by atoms with Crippen molar-refractivity contribution in [1.82, 2.24) is 5.43 Å². The van der Waals surface area contributed by atoms with Crippen LogP contribution in [0, 0.1) is 6.92 Å². The number of amides is 1. The number of halogens is 1. The van der Waals surface area contributed by atoms with Gasteiger partial charge in [-0.05, 0) is 47.1 Å². The normalized spacial score (nSPS) is 11.4. The summed E-state index contributed by atoms with van der Waals surface area (Å²) in [5.41, 5.74) is 2.47. The minimum atomic E-state index is -4.13. The number of methoxy groups -OCH3 is 2. The number of ether oxygens (including phenoxy) is 2. The van der Waals surface area contributed by atoms with Gasteiger partial charge in [0.15, 0.2) is 0 Å². The Kier molecular flexibility index (Phi) is 7.77. The minimum absolute atomic E-state index is 0.0158. The third-order valence-corrected chi connectivity index (χ3v) is 7.09. The van der Waals surface area contributed by atoms with Gasteiger partial charge in [0.05, 0.1) is 35.5 Å². The van der Waals surface area contributed by atoms with Gasteiger partial charge in [-0.15, -0.1) is 0 Å². The van der Waals surface area contributed by atoms with Crippen molar-refractivity contribution in [2.75, 3.05) is 25.1 Å². The number of rotatable bonds is 9. The number of hydrogen-bond donors (Lipinski definition) is 1. The fourth-order valence-electron chi connectivity index (χ4n) is 2.89. The Hall–Kier alpha value is -3.31. The summed E-state index contributed by atoms with van der Waals surface area (Å²) >= 11 is 3.33. The van der Waals surface area contributed by atoms with Gasteiger partial charge in [0.1, 0.15) is 29.6 Å². The number of nitrogens with one attached hydrogen (secondary N) is 1. The highest BCUT2D eigenvalue weighted by Gasteiger charge is 2.29. The molecule has 11 heteroatoms. The van der Waals surface area contributed by atoms with E-state index in [4.69, 9.17) is 13.9 Å². The highest BCUT2D eigenvalue weighted by atomic mass is 79.9. The molecule has 0 radical (unpaired) electrons. The zero-order valence-electron chi connectivity index (χ0n) is 18.1. The number of hydrazone groups is 1. The quantitative estimate of drug-likeness (QED) is 0.330. The van der Waals surface area contributed by atoms with Crippen molar-refractivity contribution in [2.24, 2.45) is 5.10 Å². The van der Waals surface area contributed by atoms with Crippen molar-refractivity contribution in [3.63, 3.8) is 0 Å². The molecule has 0 aliphatic rings. The van der Waals surface area contributed by atoms with Gasteiger partial charge in [0.25, 0.3) is 15.9 Å². The van der Waals surface area contributed by atoms with Crippen molar-refractivity contribution in [3.05, 3.63) is 70.6 Å². The predicted molar refractivity (Wildman–Crippen MR) is 127 cm³/mol. The van der Waals surface area contributed by atoms with Gasteiger partial charge in [-0.2, -0.15) is 5.10 Å². The SMILES string of the molecule is COc1ccc(OC)c(N(CC(=O)N/N=C\c2cc(Br)c(C)o2)S(=O)(=O)c2ccccc2)c1. The van der Waals surface area contributed by atoms with E-state index in [-0.39, 0.29) is 16.3 Å². The standard InChI is InChI=1S/C22H22BrN3O6S/c1-15-19(23)11-17(32-15)13-24-25-22(27)14-26(33(28,29)18-7-5-4-6-8-18)20-12-16(30-2)9-10-21(20)31-3/h4-13H,14H2,1-3H3,(H,25,27)/b24-13-. The molecule has 2 aromatic carbocycles. The summed E-state index contributed by atoms with van der Waals surface area (Å²) in [7, 11) is -1.26. The lowest BCUT2D eigenvalue weighted by Crippen LogP contribution is -2.39. The Morgan fingerprint density at radius 3 is 2.48 bits per heavy atom. The molecule has 1 aromatic heterocycles. The van der Waals surface area contributed by atoms with Gasteiger partial charge in [0, 0.05) is 12.1 Å². The van der Waals surface area contributed by atoms with Gasteiger partial charge in [-0.3, -0.25) is 9.10 Å². The number of carbonyl (C=O) groups is 1. The fourth-order valence-corrected chi connectivity index (χ4v) is 4.64. The third-order valence-electron chi connectivity index (χ3n) is 4.53. The van der Waals surface area contributed by atoms with E-state index in [0.29, 0.717) is 17.3 Å². The number of sulfonamides is 1. The van der Waals surface area contributed by atoms with Gasteiger partial charge in [0.2, 0.25) is 0 Å². The summed E-state index contributed by atoms with van der Waals surface area (Å²) < 4.78 is 44.7. The van der Waals surface area contributed by atoms with Crippen molar-refractivity contribution in [2.45, 2.75) is 11.8 Å². The van der Waals surface area contributed by atoms with E-state index in [9.17, 15) is 13.2 Å². The van der Waals surface area contributed by atoms with E-state index < -0.39 is 22.5 Å². The first-order valence-electron chi connectivity index (χ1n) is 9.64. The molecule has 33 heavy (non-hydrogen) atoms. The number of anilines is 1. The molecule has 0 bridgehead atoms. The highest BCUT2D eigenvalue weighted by molar-refractivity contribution is 9.10. The topological polar surface area (TPSA) is 110 Å². The zero-order valence-corrected chi connectivity index (χ0v) is 20.5. The molecule has 0 saturated carbocycles. The molecule has 0 aliphatic heterocycles. The Balaban J connectivity index is 1.93. The number of carbonyl (C=O) groups excluding carboxylic acids is 1. The van der Waals surface area contributed by atoms with Crippen LogP contribution in [0.3, 0.4) is 0 Å². The molecule has 3 rings (SSSR count). The largest absolute Gasteiger partial charge is 0.497 e. The van der Waals surface area contributed by atoms with Crippen LogP contribution in [0.1, 0.15) is 11.5 Å². The van der Waals surface area contributed by atoms with E-state index >= 15 is 0 Å². The van der Waals surface area contributed by atoms with Crippen LogP contribution in [0.4, 0.5) is 5.69 Å². The number of nitrogens with zero attached hydrogens (tertiary/aromatic N) is 2. The maximum Gasteiger partial charge on any atom is 0.264 e. The van der Waals surface area contributed by atoms with Gasteiger partial charge < -0.3 is 13.9 Å². The average molecular weight is 536 g/mol. The second-order valence-corrected chi connectivity index (χ2v) is 9.43. The number of hydrogen-bond acceptors (Lipinski definition) is 7. The highest BCUT2D eigenvalue weighted by Crippen LogP contribution is 2.35. The monoisotopic (exact) mass is 535 g/mol. The molecular formula is C22H22BrN3O6S. The Labute approximate surface area is 200 Å². The van der Waals surface area contributed by atoms with Gasteiger partial charge in [-0.25, -0.2) is 13.8 Å². The van der Waals surface area contributed by atoms with E-state index in [1.807, 2.05) is 0 Å². The second-order valence-electron chi connectivity index (χ2n) is 6.71. The van der Waals surface area contributed by atoms with Crippen LogP contribution in [-0.2, 0) is 14.8 Å². The smallest absolute Gasteiger partial charge is 0.264 e. The molecule has 3 aromatic rings. The molecule has 0 saturated heterocycles. The molecule has 0 spiro atoms. The Morgan fingerprint density at radius 2 is 1.88 bits per heavy atom. The second kappa shape index (κ2) is 10.5. The maximum absolute atomic E-state index is 13.5. The molecule has 1 N–H and O–H groups in total. The van der Waals surface area contributed by atoms with Crippen LogP contribution in [-0.4, -0.2) is 41.3 Å². The fraction of sp³-hybridized carbons (Fsp3) is 0.182. The summed E-state index contributed by atoms with van der Waals surface area (Å²) in [5, 5.41) is 3.86. The molecule has 0 fully saturated rings. The van der Waals surface area contributed by atoms with E-state index in [2.05, 4.69) is 26.5 Å². The average Bonchev–Trinajstić information content (AvgIpc) is 3.14. The molecule has 1 heterocycles. The van der Waals surface area contributed by atoms with Crippen LogP contribution >= 0.6 is 15.9 Å². The van der Waals surface area contributed by atoms with E-state index in [0.717, 1.165) is 8.78 Å². The molecule has 1 amide bonds. The Bertz CT molecular complexity index is 1240. The molecule has 0 atom stereocenters. The lowest BCUT2D eigenvalue weighted by molar-refractivity contribution is -0.119. The van der Waals surface area contributed by atoms with Crippen LogP contribution in [0.15, 0.2) is 73.5 Å². The van der Waals surface area contributed by atoms with Crippen molar-refractivity contribution >= 4 is 43.8 Å². The van der Waals surface area contributed by atoms with E-state index in [1.54, 1.807) is 43.3 Å². The number of furan rings is 1. The first kappa shape index (κ1) is 24.3. The molecule has 0 aliphatic carbocycles. The van der Waals surface area contributed by atoms with Crippen molar-refractivity contribution in [3.8, 4) is 11.5 Å². The molecular weight excluding hydrogens is 514 g/mol. The summed E-state index contributed by atoms with van der Waals surface area (Å²) in [4.78, 5) is 12.7. The molecule has 9 nitrogen and oxygen atoms in total. The zero-order chi connectivity index (χ0) is 24.0. The maximum atomic E-state index is 13.5. The van der Waals surface area contributed by atoms with Gasteiger partial charge >= 0.3 is 0 Å². The first-order valence-corrected chi connectivity index (χ1v) is 11.9. The number of aryl methyl sites for hydroxylation is 1. The van der Waals surface area contributed by atoms with Crippen molar-refractivity contribution in [1.29, 1.82) is 0 Å². The van der Waals surface area contributed by atoms with Crippen LogP contribution < -0.4 is 19.2 Å². The summed E-state index contributed by atoms with van der Waals surface area (Å²) in [6.45, 7) is 1.22. The molecule has 0 unspecified atom stereocenters. The van der Waals surface area contributed by atoms with Crippen LogP contribution in [0.25, 0.3) is 0 Å².